The van der Waals surface area contributed by atoms with Gasteiger partial charge in [-0.1, -0.05) is 24.3 Å². The Labute approximate surface area is 152 Å². The fourth-order valence-electron chi connectivity index (χ4n) is 2.93. The van der Waals surface area contributed by atoms with E-state index in [2.05, 4.69) is 16.0 Å². The number of hydrogen-bond donors (Lipinski definition) is 1. The lowest BCUT2D eigenvalue weighted by molar-refractivity contribution is -0.130. The van der Waals surface area contributed by atoms with Crippen LogP contribution >= 0.6 is 11.8 Å². The number of benzene rings is 1. The predicted molar refractivity (Wildman–Crippen MR) is 99.2 cm³/mol. The number of piperazine rings is 1. The largest absolute Gasteiger partial charge is 0.392 e. The number of rotatable bonds is 6. The molecule has 0 spiro atoms. The van der Waals surface area contributed by atoms with E-state index in [1.54, 1.807) is 24.2 Å². The van der Waals surface area contributed by atoms with Crippen LogP contribution in [0.1, 0.15) is 11.1 Å². The summed E-state index contributed by atoms with van der Waals surface area (Å²) in [5.41, 5.74) is 2.15. The number of aliphatic hydroxyl groups is 1. The van der Waals surface area contributed by atoms with Crippen molar-refractivity contribution in [3.8, 4) is 0 Å². The normalized spacial score (nSPS) is 15.3. The molecule has 0 unspecified atom stereocenters. The summed E-state index contributed by atoms with van der Waals surface area (Å²) >= 11 is 1.56. The van der Waals surface area contributed by atoms with Crippen molar-refractivity contribution in [2.75, 3.05) is 31.9 Å². The van der Waals surface area contributed by atoms with Gasteiger partial charge in [-0.25, -0.2) is 0 Å². The molecule has 1 amide bonds. The minimum Gasteiger partial charge on any atom is -0.392 e. The van der Waals surface area contributed by atoms with E-state index in [1.807, 2.05) is 35.2 Å². The highest BCUT2D eigenvalue weighted by Crippen LogP contribution is 2.18. The number of carbonyl (C=O) groups excluding carboxylic acids is 1. The second-order valence-corrected chi connectivity index (χ2v) is 7.10. The fraction of sp³-hybridized carbons (Fsp3) is 0.368. The molecule has 25 heavy (non-hydrogen) atoms. The summed E-state index contributed by atoms with van der Waals surface area (Å²) in [4.78, 5) is 21.7. The summed E-state index contributed by atoms with van der Waals surface area (Å²) in [6.45, 7) is 4.15. The highest BCUT2D eigenvalue weighted by molar-refractivity contribution is 8.00. The molecule has 2 heterocycles. The Balaban J connectivity index is 1.46. The van der Waals surface area contributed by atoms with Crippen LogP contribution in [0, 0.1) is 0 Å². The van der Waals surface area contributed by atoms with Crippen LogP contribution in [0.15, 0.2) is 53.7 Å². The quantitative estimate of drug-likeness (QED) is 0.802. The minimum absolute atomic E-state index is 0.0703. The van der Waals surface area contributed by atoms with Gasteiger partial charge in [-0.2, -0.15) is 0 Å². The van der Waals surface area contributed by atoms with Crippen LogP contribution in [0.25, 0.3) is 0 Å². The van der Waals surface area contributed by atoms with E-state index in [9.17, 15) is 9.90 Å². The number of amides is 1. The highest BCUT2D eigenvalue weighted by Gasteiger charge is 2.21. The SMILES string of the molecule is O=C(CSc1ccncc1)N1CCN(Cc2ccccc2CO)CC1. The smallest absolute Gasteiger partial charge is 0.233 e. The average Bonchev–Trinajstić information content (AvgIpc) is 2.68. The van der Waals surface area contributed by atoms with Gasteiger partial charge < -0.3 is 10.0 Å². The van der Waals surface area contributed by atoms with E-state index in [1.165, 1.54) is 0 Å². The van der Waals surface area contributed by atoms with Gasteiger partial charge >= 0.3 is 0 Å². The maximum atomic E-state index is 12.4. The van der Waals surface area contributed by atoms with Gasteiger partial charge in [-0.3, -0.25) is 14.7 Å². The maximum absolute atomic E-state index is 12.4. The molecule has 3 rings (SSSR count). The Hall–Kier alpha value is -1.89. The Morgan fingerprint density at radius 3 is 2.40 bits per heavy atom. The lowest BCUT2D eigenvalue weighted by atomic mass is 10.1. The molecule has 5 nitrogen and oxygen atoms in total. The van der Waals surface area contributed by atoms with Crippen molar-refractivity contribution >= 4 is 17.7 Å². The van der Waals surface area contributed by atoms with Crippen molar-refractivity contribution in [2.45, 2.75) is 18.0 Å². The van der Waals surface area contributed by atoms with Crippen LogP contribution in [0.3, 0.4) is 0 Å². The molecule has 1 aromatic carbocycles. The van der Waals surface area contributed by atoms with Gasteiger partial charge in [0.25, 0.3) is 0 Å². The Morgan fingerprint density at radius 2 is 1.72 bits per heavy atom. The zero-order valence-electron chi connectivity index (χ0n) is 14.2. The Kier molecular flexibility index (Phi) is 6.44. The van der Waals surface area contributed by atoms with Crippen molar-refractivity contribution in [3.63, 3.8) is 0 Å². The third-order valence-electron chi connectivity index (χ3n) is 4.42. The van der Waals surface area contributed by atoms with Crippen LogP contribution in [0.2, 0.25) is 0 Å². The predicted octanol–water partition coefficient (Wildman–Crippen LogP) is 2.01. The third kappa shape index (κ3) is 5.04. The standard InChI is InChI=1S/C19H23N3O2S/c23-14-17-4-2-1-3-16(17)13-21-9-11-22(12-10-21)19(24)15-25-18-5-7-20-8-6-18/h1-8,23H,9-15H2. The van der Waals surface area contributed by atoms with Gasteiger partial charge in [0.2, 0.25) is 5.91 Å². The number of thioether (sulfide) groups is 1. The number of aliphatic hydroxyl groups excluding tert-OH is 1. The van der Waals surface area contributed by atoms with Crippen molar-refractivity contribution in [1.29, 1.82) is 0 Å². The van der Waals surface area contributed by atoms with Gasteiger partial charge in [0.15, 0.2) is 0 Å². The zero-order chi connectivity index (χ0) is 17.5. The second kappa shape index (κ2) is 8.99. The van der Waals surface area contributed by atoms with Crippen molar-refractivity contribution in [1.82, 2.24) is 14.8 Å². The summed E-state index contributed by atoms with van der Waals surface area (Å²) in [7, 11) is 0. The molecule has 0 aliphatic carbocycles. The Morgan fingerprint density at radius 1 is 1.04 bits per heavy atom. The number of carbonyl (C=O) groups is 1. The molecule has 0 saturated carbocycles. The van der Waals surface area contributed by atoms with Crippen LogP contribution in [-0.4, -0.2) is 57.7 Å². The summed E-state index contributed by atoms with van der Waals surface area (Å²) in [6, 6.07) is 11.8. The Bertz CT molecular complexity index is 688. The topological polar surface area (TPSA) is 56.7 Å². The average molecular weight is 357 g/mol. The van der Waals surface area contributed by atoms with Crippen molar-refractivity contribution in [2.24, 2.45) is 0 Å². The fourth-order valence-corrected chi connectivity index (χ4v) is 3.72. The van der Waals surface area contributed by atoms with Crippen LogP contribution < -0.4 is 0 Å². The van der Waals surface area contributed by atoms with E-state index in [0.29, 0.717) is 5.75 Å². The van der Waals surface area contributed by atoms with E-state index >= 15 is 0 Å². The van der Waals surface area contributed by atoms with Crippen molar-refractivity contribution < 1.29 is 9.90 Å². The second-order valence-electron chi connectivity index (χ2n) is 6.06. The first-order valence-electron chi connectivity index (χ1n) is 8.47. The molecular weight excluding hydrogens is 334 g/mol. The number of nitrogens with zero attached hydrogens (tertiary/aromatic N) is 3. The first-order valence-corrected chi connectivity index (χ1v) is 9.45. The number of hydrogen-bond acceptors (Lipinski definition) is 5. The lowest BCUT2D eigenvalue weighted by Gasteiger charge is -2.35. The molecule has 0 bridgehead atoms. The molecule has 1 aromatic heterocycles. The van der Waals surface area contributed by atoms with Crippen LogP contribution in [0.4, 0.5) is 0 Å². The molecule has 0 radical (unpaired) electrons. The molecule has 0 atom stereocenters. The highest BCUT2D eigenvalue weighted by atomic mass is 32.2. The van der Waals surface area contributed by atoms with Gasteiger partial charge in [0.1, 0.15) is 0 Å². The summed E-state index contributed by atoms with van der Waals surface area (Å²) in [5.74, 6) is 0.661. The molecule has 1 aliphatic heterocycles. The summed E-state index contributed by atoms with van der Waals surface area (Å²) in [5, 5.41) is 9.44. The zero-order valence-corrected chi connectivity index (χ0v) is 15.0. The molecular formula is C19H23N3O2S. The molecule has 1 aliphatic rings. The van der Waals surface area contributed by atoms with Crippen LogP contribution in [0.5, 0.6) is 0 Å². The molecule has 2 aromatic rings. The minimum atomic E-state index is 0.0703. The summed E-state index contributed by atoms with van der Waals surface area (Å²) < 4.78 is 0. The molecule has 1 saturated heterocycles. The third-order valence-corrected chi connectivity index (χ3v) is 5.42. The van der Waals surface area contributed by atoms with E-state index in [-0.39, 0.29) is 12.5 Å². The monoisotopic (exact) mass is 357 g/mol. The van der Waals surface area contributed by atoms with Gasteiger partial charge in [-0.05, 0) is 23.3 Å². The van der Waals surface area contributed by atoms with Crippen molar-refractivity contribution in [3.05, 3.63) is 59.9 Å². The van der Waals surface area contributed by atoms with Crippen LogP contribution in [-0.2, 0) is 17.9 Å². The van der Waals surface area contributed by atoms with E-state index < -0.39 is 0 Å². The number of aromatic nitrogens is 1. The molecule has 6 heteroatoms. The van der Waals surface area contributed by atoms with Gasteiger partial charge in [-0.15, -0.1) is 11.8 Å². The summed E-state index contributed by atoms with van der Waals surface area (Å²) in [6.07, 6.45) is 3.49. The van der Waals surface area contributed by atoms with E-state index in [0.717, 1.165) is 48.7 Å². The molecule has 132 valence electrons. The van der Waals surface area contributed by atoms with Gasteiger partial charge in [0, 0.05) is 50.0 Å². The molecule has 1 N–H and O–H groups in total. The van der Waals surface area contributed by atoms with E-state index in [4.69, 9.17) is 0 Å². The first-order chi connectivity index (χ1) is 12.3. The van der Waals surface area contributed by atoms with Gasteiger partial charge in [0.05, 0.1) is 12.4 Å². The number of pyridine rings is 1. The molecule has 1 fully saturated rings. The first kappa shape index (κ1) is 17.9. The lowest BCUT2D eigenvalue weighted by Crippen LogP contribution is -2.48. The maximum Gasteiger partial charge on any atom is 0.233 e.